The molecular weight excluding hydrogens is 554 g/mol. The van der Waals surface area contributed by atoms with E-state index in [0.717, 1.165) is 57.7 Å². The topological polar surface area (TPSA) is 102 Å². The van der Waals surface area contributed by atoms with Crippen molar-refractivity contribution in [2.45, 2.75) is 49.5 Å². The third-order valence-corrected chi connectivity index (χ3v) is 10.3. The number of carbonyl (C=O) groups excluding carboxylic acids is 2. The molecule has 0 unspecified atom stereocenters. The Morgan fingerprint density at radius 2 is 1.71 bits per heavy atom. The quantitative estimate of drug-likeness (QED) is 0.291. The molecule has 10 heteroatoms. The van der Waals surface area contributed by atoms with Crippen molar-refractivity contribution in [3.63, 3.8) is 0 Å². The summed E-state index contributed by atoms with van der Waals surface area (Å²) >= 11 is 0. The van der Waals surface area contributed by atoms with Gasteiger partial charge in [0.05, 0.1) is 41.8 Å². The van der Waals surface area contributed by atoms with Gasteiger partial charge in [-0.2, -0.15) is 0 Å². The van der Waals surface area contributed by atoms with Crippen LogP contribution >= 0.6 is 0 Å². The van der Waals surface area contributed by atoms with E-state index >= 15 is 0 Å². The predicted octanol–water partition coefficient (Wildman–Crippen LogP) is 5.27. The first kappa shape index (κ1) is 28.2. The van der Waals surface area contributed by atoms with Crippen LogP contribution in [-0.2, 0) is 26.1 Å². The molecule has 42 heavy (non-hydrogen) atoms. The van der Waals surface area contributed by atoms with E-state index in [1.54, 1.807) is 42.9 Å². The number of amides is 2. The van der Waals surface area contributed by atoms with E-state index in [1.165, 1.54) is 25.6 Å². The van der Waals surface area contributed by atoms with Crippen molar-refractivity contribution in [3.05, 3.63) is 78.3 Å². The highest BCUT2D eigenvalue weighted by atomic mass is 32.2. The number of ether oxygens (including phenoxy) is 1. The molecule has 0 bridgehead atoms. The summed E-state index contributed by atoms with van der Waals surface area (Å²) in [5.41, 5.74) is 3.91. The zero-order valence-corrected chi connectivity index (χ0v) is 24.5. The minimum Gasteiger partial charge on any atom is -0.472 e. The normalized spacial score (nSPS) is 16.5. The standard InChI is InChI=1S/C32H35N3O6S/c1-33(42(38,39)26-10-6-3-7-11-26)32(37)24-12-13-27-28(20-24)35(21-29(36)34-15-18-40-19-16-34)31(25-14-17-41-22-25)30(27)23-8-4-2-5-9-23/h3,6-7,10-14,17,20,22-23H,2,4-5,8-9,15-16,18-19,21H2,1H3. The molecule has 2 aliphatic rings. The number of benzene rings is 2. The zero-order chi connectivity index (χ0) is 29.3. The van der Waals surface area contributed by atoms with Crippen LogP contribution in [0.25, 0.3) is 22.2 Å². The summed E-state index contributed by atoms with van der Waals surface area (Å²) in [6.45, 7) is 2.14. The van der Waals surface area contributed by atoms with Gasteiger partial charge in [-0.25, -0.2) is 12.7 Å². The minimum absolute atomic E-state index is 0.0318. The van der Waals surface area contributed by atoms with Gasteiger partial charge in [-0.05, 0) is 54.7 Å². The second kappa shape index (κ2) is 11.8. The van der Waals surface area contributed by atoms with Crippen molar-refractivity contribution in [1.82, 2.24) is 13.8 Å². The van der Waals surface area contributed by atoms with Gasteiger partial charge in [0.1, 0.15) is 6.54 Å². The van der Waals surface area contributed by atoms with Crippen LogP contribution in [0.15, 0.2) is 76.4 Å². The fourth-order valence-electron chi connectivity index (χ4n) is 6.28. The van der Waals surface area contributed by atoms with Gasteiger partial charge in [0.25, 0.3) is 15.9 Å². The van der Waals surface area contributed by atoms with E-state index in [9.17, 15) is 18.0 Å². The molecule has 2 aromatic heterocycles. The van der Waals surface area contributed by atoms with Gasteiger partial charge in [-0.3, -0.25) is 9.59 Å². The molecular formula is C32H35N3O6S. The molecule has 4 aromatic rings. The minimum atomic E-state index is -4.05. The van der Waals surface area contributed by atoms with Crippen LogP contribution in [0, 0.1) is 0 Å². The van der Waals surface area contributed by atoms with Gasteiger partial charge in [0, 0.05) is 36.7 Å². The van der Waals surface area contributed by atoms with Crippen molar-refractivity contribution in [1.29, 1.82) is 0 Å². The average molecular weight is 590 g/mol. The van der Waals surface area contributed by atoms with E-state index in [-0.39, 0.29) is 22.9 Å². The van der Waals surface area contributed by atoms with E-state index in [4.69, 9.17) is 9.15 Å². The summed E-state index contributed by atoms with van der Waals surface area (Å²) in [6, 6.07) is 15.2. The second-order valence-electron chi connectivity index (χ2n) is 11.0. The monoisotopic (exact) mass is 589 g/mol. The lowest BCUT2D eigenvalue weighted by molar-refractivity contribution is -0.135. The van der Waals surface area contributed by atoms with Gasteiger partial charge in [0.2, 0.25) is 5.91 Å². The third kappa shape index (κ3) is 5.25. The molecule has 1 saturated heterocycles. The number of rotatable bonds is 7. The molecule has 0 N–H and O–H groups in total. The number of hydrogen-bond acceptors (Lipinski definition) is 6. The first-order valence-electron chi connectivity index (χ1n) is 14.5. The number of morpholine rings is 1. The second-order valence-corrected chi connectivity index (χ2v) is 13.0. The summed E-state index contributed by atoms with van der Waals surface area (Å²) in [5.74, 6) is -0.374. The first-order chi connectivity index (χ1) is 20.4. The van der Waals surface area contributed by atoms with Crippen molar-refractivity contribution in [2.24, 2.45) is 0 Å². The van der Waals surface area contributed by atoms with Crippen LogP contribution in [0.4, 0.5) is 0 Å². The average Bonchev–Trinajstić information content (AvgIpc) is 3.68. The molecule has 1 saturated carbocycles. The Morgan fingerprint density at radius 1 is 0.976 bits per heavy atom. The van der Waals surface area contributed by atoms with Crippen LogP contribution in [0.3, 0.4) is 0 Å². The summed E-state index contributed by atoms with van der Waals surface area (Å²) in [7, 11) is -2.77. The number of nitrogens with zero attached hydrogens (tertiary/aromatic N) is 3. The first-order valence-corrected chi connectivity index (χ1v) is 15.9. The number of carbonyl (C=O) groups is 2. The maximum atomic E-state index is 13.6. The maximum Gasteiger partial charge on any atom is 0.267 e. The lowest BCUT2D eigenvalue weighted by Gasteiger charge is -2.27. The fourth-order valence-corrected chi connectivity index (χ4v) is 7.42. The fraction of sp³-hybridized carbons (Fsp3) is 0.375. The van der Waals surface area contributed by atoms with Crippen LogP contribution < -0.4 is 0 Å². The Morgan fingerprint density at radius 3 is 2.40 bits per heavy atom. The highest BCUT2D eigenvalue weighted by Crippen LogP contribution is 2.44. The van der Waals surface area contributed by atoms with Gasteiger partial charge < -0.3 is 18.6 Å². The van der Waals surface area contributed by atoms with Crippen molar-refractivity contribution in [2.75, 3.05) is 33.4 Å². The smallest absolute Gasteiger partial charge is 0.267 e. The summed E-state index contributed by atoms with van der Waals surface area (Å²) in [6.07, 6.45) is 8.88. The molecule has 9 nitrogen and oxygen atoms in total. The van der Waals surface area contributed by atoms with E-state index in [0.29, 0.717) is 32.2 Å². The van der Waals surface area contributed by atoms with Crippen LogP contribution in [0.1, 0.15) is 53.9 Å². The van der Waals surface area contributed by atoms with E-state index in [1.807, 2.05) is 21.6 Å². The molecule has 6 rings (SSSR count). The molecule has 3 heterocycles. The molecule has 220 valence electrons. The zero-order valence-electron chi connectivity index (χ0n) is 23.7. The Labute approximate surface area is 245 Å². The van der Waals surface area contributed by atoms with Crippen molar-refractivity contribution >= 4 is 32.7 Å². The van der Waals surface area contributed by atoms with E-state index in [2.05, 4.69) is 0 Å². The lowest BCUT2D eigenvalue weighted by atomic mass is 9.82. The number of furan rings is 1. The van der Waals surface area contributed by atoms with Gasteiger partial charge in [0.15, 0.2) is 0 Å². The third-order valence-electron chi connectivity index (χ3n) is 8.50. The molecule has 2 amide bonds. The molecule has 0 spiro atoms. The largest absolute Gasteiger partial charge is 0.472 e. The highest BCUT2D eigenvalue weighted by Gasteiger charge is 2.31. The molecule has 2 aromatic carbocycles. The summed E-state index contributed by atoms with van der Waals surface area (Å²) < 4.78 is 40.2. The molecule has 0 atom stereocenters. The number of aromatic nitrogens is 1. The Balaban J connectivity index is 1.48. The summed E-state index contributed by atoms with van der Waals surface area (Å²) in [5, 5.41) is 0.970. The van der Waals surface area contributed by atoms with Crippen LogP contribution in [0.5, 0.6) is 0 Å². The maximum absolute atomic E-state index is 13.6. The van der Waals surface area contributed by atoms with Crippen molar-refractivity contribution in [3.8, 4) is 11.3 Å². The molecule has 2 fully saturated rings. The Hall–Kier alpha value is -3.89. The van der Waals surface area contributed by atoms with Crippen molar-refractivity contribution < 1.29 is 27.2 Å². The Bertz CT molecular complexity index is 1680. The summed E-state index contributed by atoms with van der Waals surface area (Å²) in [4.78, 5) is 29.1. The van der Waals surface area contributed by atoms with Crippen LogP contribution in [0.2, 0.25) is 0 Å². The van der Waals surface area contributed by atoms with Gasteiger partial charge in [-0.1, -0.05) is 43.5 Å². The SMILES string of the molecule is CN(C(=O)c1ccc2c(C3CCCCC3)c(-c3ccoc3)n(CC(=O)N3CCOCC3)c2c1)S(=O)(=O)c1ccccc1. The molecule has 0 radical (unpaired) electrons. The lowest BCUT2D eigenvalue weighted by Crippen LogP contribution is -2.42. The number of fused-ring (bicyclic) bond motifs is 1. The van der Waals surface area contributed by atoms with Gasteiger partial charge >= 0.3 is 0 Å². The van der Waals surface area contributed by atoms with Crippen LogP contribution in [-0.4, -0.2) is 67.4 Å². The Kier molecular flexibility index (Phi) is 7.92. The molecule has 1 aliphatic heterocycles. The number of hydrogen-bond donors (Lipinski definition) is 0. The van der Waals surface area contributed by atoms with E-state index < -0.39 is 15.9 Å². The predicted molar refractivity (Wildman–Crippen MR) is 159 cm³/mol. The molecule has 1 aliphatic carbocycles. The van der Waals surface area contributed by atoms with Gasteiger partial charge in [-0.15, -0.1) is 0 Å². The number of sulfonamides is 1. The highest BCUT2D eigenvalue weighted by molar-refractivity contribution is 7.89.